The molecule has 2 aliphatic rings. The first-order valence-corrected chi connectivity index (χ1v) is 7.44. The van der Waals surface area contributed by atoms with Crippen molar-refractivity contribution in [3.05, 3.63) is 24.0 Å². The fraction of sp³-hybridized carbons (Fsp3) is 0.600. The van der Waals surface area contributed by atoms with E-state index in [1.165, 1.54) is 6.42 Å². The minimum absolute atomic E-state index is 0.0735. The van der Waals surface area contributed by atoms with E-state index in [4.69, 9.17) is 9.84 Å². The lowest BCUT2D eigenvalue weighted by Gasteiger charge is -2.36. The van der Waals surface area contributed by atoms with Gasteiger partial charge in [-0.3, -0.25) is 9.59 Å². The van der Waals surface area contributed by atoms with Crippen LogP contribution < -0.4 is 0 Å². The summed E-state index contributed by atoms with van der Waals surface area (Å²) in [5.74, 6) is -0.987. The zero-order chi connectivity index (χ0) is 14.8. The van der Waals surface area contributed by atoms with Gasteiger partial charge in [-0.15, -0.1) is 0 Å². The number of carboxylic acids is 1. The van der Waals surface area contributed by atoms with Gasteiger partial charge in [-0.25, -0.2) is 0 Å². The molecule has 114 valence electrons. The van der Waals surface area contributed by atoms with Crippen LogP contribution >= 0.6 is 0 Å². The van der Waals surface area contributed by atoms with Crippen LogP contribution in [0.5, 0.6) is 0 Å². The Morgan fingerprint density at radius 2 is 2.19 bits per heavy atom. The Labute approximate surface area is 123 Å². The Bertz CT molecular complexity index is 536. The number of carboxylic acid groups (broad SMARTS) is 1. The molecule has 1 saturated heterocycles. The lowest BCUT2D eigenvalue weighted by molar-refractivity contribution is -0.139. The van der Waals surface area contributed by atoms with E-state index >= 15 is 0 Å². The molecule has 0 bridgehead atoms. The number of aromatic nitrogens is 1. The Balaban J connectivity index is 1.79. The minimum Gasteiger partial charge on any atom is -0.481 e. The van der Waals surface area contributed by atoms with Crippen LogP contribution in [0.15, 0.2) is 18.3 Å². The molecule has 1 N–H and O–H groups in total. The summed E-state index contributed by atoms with van der Waals surface area (Å²) in [6.45, 7) is 1.21. The van der Waals surface area contributed by atoms with Crippen LogP contribution in [-0.4, -0.2) is 52.3 Å². The van der Waals surface area contributed by atoms with Crippen molar-refractivity contribution >= 4 is 11.9 Å². The third kappa shape index (κ3) is 2.81. The van der Waals surface area contributed by atoms with Crippen molar-refractivity contribution in [2.24, 2.45) is 0 Å². The molecule has 1 aromatic heterocycles. The van der Waals surface area contributed by atoms with Crippen LogP contribution in [0.2, 0.25) is 0 Å². The maximum Gasteiger partial charge on any atom is 0.305 e. The van der Waals surface area contributed by atoms with Gasteiger partial charge in [0.2, 0.25) is 0 Å². The van der Waals surface area contributed by atoms with E-state index in [0.29, 0.717) is 31.5 Å². The van der Waals surface area contributed by atoms with Crippen molar-refractivity contribution in [1.29, 1.82) is 0 Å². The molecule has 1 aliphatic carbocycles. The second kappa shape index (κ2) is 5.89. The average Bonchev–Trinajstić information content (AvgIpc) is 2.85. The third-order valence-electron chi connectivity index (χ3n) is 4.36. The highest BCUT2D eigenvalue weighted by atomic mass is 16.5. The topological polar surface area (TPSA) is 71.8 Å². The van der Waals surface area contributed by atoms with Gasteiger partial charge in [-0.1, -0.05) is 0 Å². The smallest absolute Gasteiger partial charge is 0.305 e. The molecule has 1 atom stereocenters. The van der Waals surface area contributed by atoms with Crippen molar-refractivity contribution in [3.8, 4) is 0 Å². The van der Waals surface area contributed by atoms with E-state index in [-0.39, 0.29) is 18.4 Å². The van der Waals surface area contributed by atoms with Crippen LogP contribution in [0.4, 0.5) is 0 Å². The molecule has 3 rings (SSSR count). The number of carbonyl (C=O) groups is 2. The summed E-state index contributed by atoms with van der Waals surface area (Å²) >= 11 is 0. The van der Waals surface area contributed by atoms with E-state index < -0.39 is 5.97 Å². The fourth-order valence-corrected chi connectivity index (χ4v) is 3.00. The number of aliphatic carboxylic acids is 1. The van der Waals surface area contributed by atoms with Crippen molar-refractivity contribution in [2.45, 2.75) is 37.8 Å². The second-order valence-electron chi connectivity index (χ2n) is 5.71. The van der Waals surface area contributed by atoms with Crippen LogP contribution in [-0.2, 0) is 9.53 Å². The first-order chi connectivity index (χ1) is 10.2. The zero-order valence-corrected chi connectivity index (χ0v) is 11.9. The average molecular weight is 292 g/mol. The molecule has 1 aromatic rings. The summed E-state index contributed by atoms with van der Waals surface area (Å²) < 4.78 is 7.37. The molecule has 1 saturated carbocycles. The standard InChI is InChI=1S/C15H20N2O4/c18-14(19)9-12-10-21-8-7-17(12)15(20)13-5-2-6-16(13)11-3-1-4-11/h2,5-6,11-12H,1,3-4,7-10H2,(H,18,19). The Hall–Kier alpha value is -1.82. The van der Waals surface area contributed by atoms with Gasteiger partial charge in [0.25, 0.3) is 5.91 Å². The van der Waals surface area contributed by atoms with Crippen molar-refractivity contribution in [2.75, 3.05) is 19.8 Å². The molecular weight excluding hydrogens is 272 g/mol. The molecule has 1 aliphatic heterocycles. The quantitative estimate of drug-likeness (QED) is 0.913. The number of morpholine rings is 1. The molecule has 6 heteroatoms. The van der Waals surface area contributed by atoms with Gasteiger partial charge >= 0.3 is 5.97 Å². The van der Waals surface area contributed by atoms with Crippen LogP contribution in [0.3, 0.4) is 0 Å². The molecule has 0 aromatic carbocycles. The van der Waals surface area contributed by atoms with E-state index in [0.717, 1.165) is 12.8 Å². The number of carbonyl (C=O) groups excluding carboxylic acids is 1. The summed E-state index contributed by atoms with van der Waals surface area (Å²) in [7, 11) is 0. The van der Waals surface area contributed by atoms with Crippen molar-refractivity contribution < 1.29 is 19.4 Å². The summed E-state index contributed by atoms with van der Waals surface area (Å²) in [6.07, 6.45) is 5.29. The molecule has 0 spiro atoms. The largest absolute Gasteiger partial charge is 0.481 e. The van der Waals surface area contributed by atoms with Gasteiger partial charge in [-0.05, 0) is 31.4 Å². The minimum atomic E-state index is -0.905. The number of rotatable bonds is 4. The van der Waals surface area contributed by atoms with Crippen LogP contribution in [0.1, 0.15) is 42.2 Å². The second-order valence-corrected chi connectivity index (χ2v) is 5.71. The summed E-state index contributed by atoms with van der Waals surface area (Å²) in [6, 6.07) is 3.75. The molecule has 1 amide bonds. The molecule has 2 heterocycles. The molecule has 1 unspecified atom stereocenters. The molecule has 2 fully saturated rings. The lowest BCUT2D eigenvalue weighted by Crippen LogP contribution is -2.50. The highest BCUT2D eigenvalue weighted by molar-refractivity contribution is 5.93. The van der Waals surface area contributed by atoms with Crippen molar-refractivity contribution in [1.82, 2.24) is 9.47 Å². The molecule has 21 heavy (non-hydrogen) atoms. The molecular formula is C15H20N2O4. The summed E-state index contributed by atoms with van der Waals surface area (Å²) in [5.41, 5.74) is 0.664. The molecule has 0 radical (unpaired) electrons. The predicted octanol–water partition coefficient (Wildman–Crippen LogP) is 1.53. The zero-order valence-electron chi connectivity index (χ0n) is 11.9. The number of hydrogen-bond acceptors (Lipinski definition) is 3. The van der Waals surface area contributed by atoms with Gasteiger partial charge in [-0.2, -0.15) is 0 Å². The first-order valence-electron chi connectivity index (χ1n) is 7.44. The number of amides is 1. The predicted molar refractivity (Wildman–Crippen MR) is 75.2 cm³/mol. The first kappa shape index (κ1) is 14.1. The van der Waals surface area contributed by atoms with Gasteiger partial charge in [0.05, 0.1) is 25.7 Å². The van der Waals surface area contributed by atoms with E-state index in [1.807, 2.05) is 22.9 Å². The fourth-order valence-electron chi connectivity index (χ4n) is 3.00. The SMILES string of the molecule is O=C(O)CC1COCCN1C(=O)c1cccn1C1CCC1. The summed E-state index contributed by atoms with van der Waals surface area (Å²) in [4.78, 5) is 25.4. The Morgan fingerprint density at radius 3 is 2.86 bits per heavy atom. The van der Waals surface area contributed by atoms with Gasteiger partial charge in [0.1, 0.15) is 5.69 Å². The third-order valence-corrected chi connectivity index (χ3v) is 4.36. The number of ether oxygens (including phenoxy) is 1. The summed E-state index contributed by atoms with van der Waals surface area (Å²) in [5, 5.41) is 8.99. The highest BCUT2D eigenvalue weighted by Gasteiger charge is 2.32. The monoisotopic (exact) mass is 292 g/mol. The van der Waals surface area contributed by atoms with Gasteiger partial charge in [0, 0.05) is 18.8 Å². The molecule has 6 nitrogen and oxygen atoms in total. The maximum absolute atomic E-state index is 12.8. The van der Waals surface area contributed by atoms with E-state index in [2.05, 4.69) is 0 Å². The Kier molecular flexibility index (Phi) is 3.96. The van der Waals surface area contributed by atoms with E-state index in [9.17, 15) is 9.59 Å². The normalized spacial score (nSPS) is 22.9. The van der Waals surface area contributed by atoms with Crippen molar-refractivity contribution in [3.63, 3.8) is 0 Å². The van der Waals surface area contributed by atoms with Gasteiger partial charge < -0.3 is 19.3 Å². The maximum atomic E-state index is 12.8. The number of hydrogen-bond donors (Lipinski definition) is 1. The number of nitrogens with zero attached hydrogens (tertiary/aromatic N) is 2. The lowest BCUT2D eigenvalue weighted by atomic mass is 9.92. The highest BCUT2D eigenvalue weighted by Crippen LogP contribution is 2.33. The Morgan fingerprint density at radius 1 is 1.38 bits per heavy atom. The van der Waals surface area contributed by atoms with Crippen LogP contribution in [0.25, 0.3) is 0 Å². The van der Waals surface area contributed by atoms with Crippen LogP contribution in [0, 0.1) is 0 Å². The van der Waals surface area contributed by atoms with E-state index in [1.54, 1.807) is 4.90 Å². The van der Waals surface area contributed by atoms with Gasteiger partial charge in [0.15, 0.2) is 0 Å².